The molecule has 1 atom stereocenters. The lowest BCUT2D eigenvalue weighted by Gasteiger charge is -2.27. The van der Waals surface area contributed by atoms with Crippen LogP contribution in [0.2, 0.25) is 0 Å². The van der Waals surface area contributed by atoms with Crippen molar-refractivity contribution in [2.75, 3.05) is 6.61 Å². The molecule has 2 rings (SSSR count). The van der Waals surface area contributed by atoms with Crippen molar-refractivity contribution in [1.29, 1.82) is 0 Å². The van der Waals surface area contributed by atoms with Gasteiger partial charge in [0.1, 0.15) is 0 Å². The molecule has 0 aromatic carbocycles. The summed E-state index contributed by atoms with van der Waals surface area (Å²) in [6, 6.07) is 0. The van der Waals surface area contributed by atoms with Crippen molar-refractivity contribution in [2.24, 2.45) is 5.73 Å². The van der Waals surface area contributed by atoms with E-state index in [1.165, 1.54) is 6.33 Å². The van der Waals surface area contributed by atoms with Crippen LogP contribution in [0.3, 0.4) is 0 Å². The molecule has 14 heavy (non-hydrogen) atoms. The highest BCUT2D eigenvalue weighted by Crippen LogP contribution is 2.31. The van der Waals surface area contributed by atoms with Gasteiger partial charge in [0.25, 0.3) is 0 Å². The molecule has 6 heteroatoms. The first-order valence-corrected chi connectivity index (χ1v) is 4.34. The van der Waals surface area contributed by atoms with Crippen LogP contribution >= 0.6 is 0 Å². The molecule has 1 fully saturated rings. The molecule has 0 saturated carbocycles. The van der Waals surface area contributed by atoms with Gasteiger partial charge in [0.15, 0.2) is 0 Å². The topological polar surface area (TPSA) is 79.4 Å². The van der Waals surface area contributed by atoms with E-state index in [1.807, 2.05) is 0 Å². The Balaban J connectivity index is 2.26. The first-order valence-electron chi connectivity index (χ1n) is 4.34. The maximum absolute atomic E-state index is 10.7. The van der Waals surface area contributed by atoms with E-state index in [1.54, 1.807) is 17.0 Å². The van der Waals surface area contributed by atoms with Crippen molar-refractivity contribution >= 4 is 6.09 Å². The third-order valence-corrected chi connectivity index (χ3v) is 2.12. The number of carbonyl (C=O) groups is 1. The Labute approximate surface area is 80.6 Å². The fourth-order valence-corrected chi connectivity index (χ4v) is 1.55. The van der Waals surface area contributed by atoms with Gasteiger partial charge in [-0.2, -0.15) is 0 Å². The average Bonchev–Trinajstić information content (AvgIpc) is 2.69. The van der Waals surface area contributed by atoms with E-state index in [0.29, 0.717) is 13.0 Å². The summed E-state index contributed by atoms with van der Waals surface area (Å²) in [6.45, 7) is 0.547. The molecule has 6 nitrogen and oxygen atoms in total. The Morgan fingerprint density at radius 2 is 2.57 bits per heavy atom. The number of aromatic nitrogens is 2. The molecule has 0 radical (unpaired) electrons. The van der Waals surface area contributed by atoms with Crippen LogP contribution < -0.4 is 5.73 Å². The van der Waals surface area contributed by atoms with Gasteiger partial charge in [-0.25, -0.2) is 9.78 Å². The van der Waals surface area contributed by atoms with Crippen LogP contribution in [0.25, 0.3) is 0 Å². The van der Waals surface area contributed by atoms with Gasteiger partial charge >= 0.3 is 12.0 Å². The molecule has 0 bridgehead atoms. The average molecular weight is 197 g/mol. The van der Waals surface area contributed by atoms with Gasteiger partial charge in [-0.05, 0) is 6.42 Å². The van der Waals surface area contributed by atoms with Crippen molar-refractivity contribution < 1.29 is 14.3 Å². The van der Waals surface area contributed by atoms with Crippen molar-refractivity contribution in [2.45, 2.75) is 18.8 Å². The highest BCUT2D eigenvalue weighted by atomic mass is 16.7. The second-order valence-electron chi connectivity index (χ2n) is 3.06. The maximum atomic E-state index is 10.7. The van der Waals surface area contributed by atoms with Crippen LogP contribution in [0.1, 0.15) is 12.8 Å². The van der Waals surface area contributed by atoms with E-state index in [4.69, 9.17) is 15.2 Å². The first-order chi connectivity index (χ1) is 6.73. The lowest BCUT2D eigenvalue weighted by atomic mass is 10.3. The molecular weight excluding hydrogens is 186 g/mol. The van der Waals surface area contributed by atoms with Crippen LogP contribution in [0.15, 0.2) is 18.7 Å². The van der Waals surface area contributed by atoms with Gasteiger partial charge in [-0.1, -0.05) is 0 Å². The van der Waals surface area contributed by atoms with E-state index < -0.39 is 12.0 Å². The Kier molecular flexibility index (Phi) is 2.12. The summed E-state index contributed by atoms with van der Waals surface area (Å²) in [6.07, 6.45) is 5.37. The number of ether oxygens (including phenoxy) is 2. The van der Waals surface area contributed by atoms with Crippen LogP contribution in [0.5, 0.6) is 0 Å². The summed E-state index contributed by atoms with van der Waals surface area (Å²) in [5.74, 6) is -1.08. The van der Waals surface area contributed by atoms with Crippen molar-refractivity contribution in [3.05, 3.63) is 18.7 Å². The van der Waals surface area contributed by atoms with E-state index in [9.17, 15) is 4.79 Å². The third-order valence-electron chi connectivity index (χ3n) is 2.12. The summed E-state index contributed by atoms with van der Waals surface area (Å²) in [5.41, 5.74) is 4.99. The molecule has 0 unspecified atom stereocenters. The lowest BCUT2D eigenvalue weighted by Crippen LogP contribution is -2.39. The number of hydrogen-bond acceptors (Lipinski definition) is 4. The summed E-state index contributed by atoms with van der Waals surface area (Å²) >= 11 is 0. The Morgan fingerprint density at radius 3 is 3.07 bits per heavy atom. The summed E-state index contributed by atoms with van der Waals surface area (Å²) in [5, 5.41) is 0. The Bertz CT molecular complexity index is 317. The Morgan fingerprint density at radius 1 is 1.71 bits per heavy atom. The molecule has 2 N–H and O–H groups in total. The predicted octanol–water partition coefficient (Wildman–Crippen LogP) is 0.399. The monoisotopic (exact) mass is 197 g/mol. The van der Waals surface area contributed by atoms with Gasteiger partial charge in [0.2, 0.25) is 0 Å². The van der Waals surface area contributed by atoms with E-state index in [2.05, 4.69) is 4.98 Å². The maximum Gasteiger partial charge on any atom is 0.408 e. The van der Waals surface area contributed by atoms with Crippen molar-refractivity contribution in [1.82, 2.24) is 9.55 Å². The van der Waals surface area contributed by atoms with Crippen LogP contribution in [-0.4, -0.2) is 22.3 Å². The molecule has 1 aromatic heterocycles. The minimum absolute atomic E-state index is 0.547. The van der Waals surface area contributed by atoms with E-state index in [-0.39, 0.29) is 0 Å². The second-order valence-corrected chi connectivity index (χ2v) is 3.06. The summed E-state index contributed by atoms with van der Waals surface area (Å²) in [7, 11) is 0. The molecule has 1 amide bonds. The van der Waals surface area contributed by atoms with Crippen molar-refractivity contribution in [3.63, 3.8) is 0 Å². The second kappa shape index (κ2) is 3.30. The molecule has 1 aliphatic heterocycles. The number of primary amides is 1. The van der Waals surface area contributed by atoms with E-state index in [0.717, 1.165) is 6.42 Å². The van der Waals surface area contributed by atoms with Gasteiger partial charge in [0, 0.05) is 18.8 Å². The number of nitrogens with two attached hydrogens (primary N) is 1. The number of imidazole rings is 1. The molecule has 1 saturated heterocycles. The number of carbonyl (C=O) groups excluding carboxylic acids is 1. The minimum atomic E-state index is -1.08. The number of amides is 1. The van der Waals surface area contributed by atoms with E-state index >= 15 is 0 Å². The molecule has 0 spiro atoms. The molecular formula is C8H11N3O3. The minimum Gasteiger partial charge on any atom is -0.397 e. The van der Waals surface area contributed by atoms with Gasteiger partial charge in [0.05, 0.1) is 12.9 Å². The lowest BCUT2D eigenvalue weighted by molar-refractivity contribution is -0.231. The SMILES string of the molecule is NC(=O)O[C@]1(n2ccnc2)CCCO1. The van der Waals surface area contributed by atoms with Gasteiger partial charge < -0.3 is 15.2 Å². The molecule has 1 aromatic rings. The number of rotatable bonds is 2. The number of hydrogen-bond donors (Lipinski definition) is 1. The van der Waals surface area contributed by atoms with Crippen LogP contribution in [0, 0.1) is 0 Å². The third kappa shape index (κ3) is 1.44. The zero-order chi connectivity index (χ0) is 10.0. The highest BCUT2D eigenvalue weighted by molar-refractivity contribution is 5.64. The Hall–Kier alpha value is -1.56. The smallest absolute Gasteiger partial charge is 0.397 e. The molecule has 2 heterocycles. The van der Waals surface area contributed by atoms with Gasteiger partial charge in [-0.3, -0.25) is 4.57 Å². The standard InChI is InChI=1S/C8H11N3O3/c9-7(12)14-8(2-1-5-13-8)11-4-3-10-6-11/h3-4,6H,1-2,5H2,(H2,9,12)/t8-/m0/s1. The summed E-state index contributed by atoms with van der Waals surface area (Å²) in [4.78, 5) is 14.6. The molecule has 0 aliphatic carbocycles. The fraction of sp³-hybridized carbons (Fsp3) is 0.500. The van der Waals surface area contributed by atoms with Gasteiger partial charge in [-0.15, -0.1) is 0 Å². The quantitative estimate of drug-likeness (QED) is 0.744. The van der Waals surface area contributed by atoms with Crippen LogP contribution in [0.4, 0.5) is 4.79 Å². The highest BCUT2D eigenvalue weighted by Gasteiger charge is 2.40. The van der Waals surface area contributed by atoms with Crippen LogP contribution in [-0.2, 0) is 15.4 Å². The molecule has 76 valence electrons. The largest absolute Gasteiger partial charge is 0.408 e. The predicted molar refractivity (Wildman–Crippen MR) is 46.1 cm³/mol. The zero-order valence-corrected chi connectivity index (χ0v) is 7.55. The van der Waals surface area contributed by atoms with Crippen molar-refractivity contribution in [3.8, 4) is 0 Å². The zero-order valence-electron chi connectivity index (χ0n) is 7.55. The normalized spacial score (nSPS) is 26.3. The first kappa shape index (κ1) is 9.01. The number of nitrogens with zero attached hydrogens (tertiary/aromatic N) is 2. The fourth-order valence-electron chi connectivity index (χ4n) is 1.55. The summed E-state index contributed by atoms with van der Waals surface area (Å²) < 4.78 is 12.0. The molecule has 1 aliphatic rings.